The fourth-order valence-corrected chi connectivity index (χ4v) is 2.99. The van der Waals surface area contributed by atoms with Crippen molar-refractivity contribution in [2.45, 2.75) is 38.5 Å². The third kappa shape index (κ3) is 3.59. The van der Waals surface area contributed by atoms with E-state index < -0.39 is 0 Å². The van der Waals surface area contributed by atoms with Crippen molar-refractivity contribution in [2.24, 2.45) is 11.1 Å². The third-order valence-electron chi connectivity index (χ3n) is 3.89. The van der Waals surface area contributed by atoms with Crippen molar-refractivity contribution < 1.29 is 4.79 Å². The molecule has 1 aromatic rings. The highest BCUT2D eigenvalue weighted by atomic mass is 35.5. The molecule has 110 valence electrons. The summed E-state index contributed by atoms with van der Waals surface area (Å²) >= 11 is 11.7. The monoisotopic (exact) mass is 316 g/mol. The molecule has 1 saturated carbocycles. The van der Waals surface area contributed by atoms with Gasteiger partial charge >= 0.3 is 0 Å². The molecule has 1 aliphatic carbocycles. The van der Waals surface area contributed by atoms with Crippen LogP contribution in [0.3, 0.4) is 0 Å². The van der Waals surface area contributed by atoms with Gasteiger partial charge in [-0.3, -0.25) is 4.79 Å². The number of hydrogen-bond acceptors (Lipinski definition) is 4. The average molecular weight is 317 g/mol. The van der Waals surface area contributed by atoms with E-state index in [0.29, 0.717) is 13.0 Å². The Bertz CT molecular complexity index is 489. The SMILES string of the molecule is NCC1(CC(=O)Nc2ncnc(Cl)c2Cl)CCCCC1. The first kappa shape index (κ1) is 15.5. The van der Waals surface area contributed by atoms with E-state index >= 15 is 0 Å². The van der Waals surface area contributed by atoms with Crippen molar-refractivity contribution >= 4 is 34.9 Å². The van der Waals surface area contributed by atoms with Crippen molar-refractivity contribution in [2.75, 3.05) is 11.9 Å². The Morgan fingerprint density at radius 1 is 1.30 bits per heavy atom. The van der Waals surface area contributed by atoms with Crippen molar-refractivity contribution in [3.63, 3.8) is 0 Å². The third-order valence-corrected chi connectivity index (χ3v) is 4.63. The number of carbonyl (C=O) groups excluding carboxylic acids is 1. The fourth-order valence-electron chi connectivity index (χ4n) is 2.71. The number of amides is 1. The predicted octanol–water partition coefficient (Wildman–Crippen LogP) is 3.02. The summed E-state index contributed by atoms with van der Waals surface area (Å²) in [5, 5.41) is 2.98. The lowest BCUT2D eigenvalue weighted by molar-refractivity contribution is -0.118. The standard InChI is InChI=1S/C13H18Cl2N4O/c14-10-11(15)17-8-18-12(10)19-9(20)6-13(7-16)4-2-1-3-5-13/h8H,1-7,16H2,(H,17,18,19,20). The summed E-state index contributed by atoms with van der Waals surface area (Å²) in [7, 11) is 0. The molecule has 0 aromatic carbocycles. The van der Waals surface area contributed by atoms with Crippen LogP contribution in [0, 0.1) is 5.41 Å². The number of aromatic nitrogens is 2. The van der Waals surface area contributed by atoms with Crippen molar-refractivity contribution in [3.8, 4) is 0 Å². The molecule has 1 aromatic heterocycles. The van der Waals surface area contributed by atoms with Crippen molar-refractivity contribution in [1.82, 2.24) is 9.97 Å². The molecule has 1 aliphatic rings. The summed E-state index contributed by atoms with van der Waals surface area (Å²) < 4.78 is 0. The Morgan fingerprint density at radius 2 is 2.00 bits per heavy atom. The van der Waals surface area contributed by atoms with Crippen LogP contribution < -0.4 is 11.1 Å². The average Bonchev–Trinajstić information content (AvgIpc) is 2.45. The second kappa shape index (κ2) is 6.70. The second-order valence-electron chi connectivity index (χ2n) is 5.32. The molecule has 0 atom stereocenters. The van der Waals surface area contributed by atoms with Crippen LogP contribution in [0.4, 0.5) is 5.82 Å². The molecule has 7 heteroatoms. The van der Waals surface area contributed by atoms with Gasteiger partial charge in [0.15, 0.2) is 11.0 Å². The lowest BCUT2D eigenvalue weighted by Gasteiger charge is -2.35. The number of carbonyl (C=O) groups is 1. The maximum atomic E-state index is 12.2. The Kier molecular flexibility index (Phi) is 5.18. The summed E-state index contributed by atoms with van der Waals surface area (Å²) in [5.74, 6) is 0.119. The molecule has 1 amide bonds. The predicted molar refractivity (Wildman–Crippen MR) is 79.9 cm³/mol. The van der Waals surface area contributed by atoms with Crippen LogP contribution in [-0.4, -0.2) is 22.4 Å². The topological polar surface area (TPSA) is 80.9 Å². The van der Waals surface area contributed by atoms with E-state index in [1.54, 1.807) is 0 Å². The number of nitrogens with one attached hydrogen (secondary N) is 1. The first-order valence-electron chi connectivity index (χ1n) is 6.72. The van der Waals surface area contributed by atoms with Crippen LogP contribution >= 0.6 is 23.2 Å². The molecular weight excluding hydrogens is 299 g/mol. The number of hydrogen-bond donors (Lipinski definition) is 2. The van der Waals surface area contributed by atoms with Crippen LogP contribution in [0.15, 0.2) is 6.33 Å². The van der Waals surface area contributed by atoms with Gasteiger partial charge in [-0.15, -0.1) is 0 Å². The maximum Gasteiger partial charge on any atom is 0.226 e. The van der Waals surface area contributed by atoms with Gasteiger partial charge in [0.2, 0.25) is 5.91 Å². The fraction of sp³-hybridized carbons (Fsp3) is 0.615. The summed E-state index contributed by atoms with van der Waals surface area (Å²) in [5.41, 5.74) is 5.79. The van der Waals surface area contributed by atoms with E-state index in [9.17, 15) is 4.79 Å². The van der Waals surface area contributed by atoms with Gasteiger partial charge < -0.3 is 11.1 Å². The Hall–Kier alpha value is -0.910. The van der Waals surface area contributed by atoms with E-state index in [-0.39, 0.29) is 27.3 Å². The van der Waals surface area contributed by atoms with Gasteiger partial charge in [-0.05, 0) is 24.8 Å². The second-order valence-corrected chi connectivity index (χ2v) is 6.05. The Morgan fingerprint density at radius 3 is 2.65 bits per heavy atom. The summed E-state index contributed by atoms with van der Waals surface area (Å²) in [4.78, 5) is 19.9. The number of anilines is 1. The summed E-state index contributed by atoms with van der Waals surface area (Å²) in [6.45, 7) is 0.526. The molecule has 0 unspecified atom stereocenters. The molecule has 1 heterocycles. The van der Waals surface area contributed by atoms with Crippen LogP contribution in [0.1, 0.15) is 38.5 Å². The van der Waals surface area contributed by atoms with E-state index in [0.717, 1.165) is 25.7 Å². The highest BCUT2D eigenvalue weighted by Gasteiger charge is 2.33. The van der Waals surface area contributed by atoms with Crippen LogP contribution in [-0.2, 0) is 4.79 Å². The molecule has 0 saturated heterocycles. The minimum atomic E-state index is -0.131. The summed E-state index contributed by atoms with van der Waals surface area (Å²) in [6.07, 6.45) is 7.13. The highest BCUT2D eigenvalue weighted by molar-refractivity contribution is 6.42. The zero-order valence-electron chi connectivity index (χ0n) is 11.2. The molecule has 0 radical (unpaired) electrons. The van der Waals surface area contributed by atoms with Crippen molar-refractivity contribution in [3.05, 3.63) is 16.5 Å². The molecular formula is C13H18Cl2N4O. The molecule has 3 N–H and O–H groups in total. The Labute approximate surface area is 128 Å². The van der Waals surface area contributed by atoms with Crippen LogP contribution in [0.5, 0.6) is 0 Å². The zero-order valence-corrected chi connectivity index (χ0v) is 12.7. The van der Waals surface area contributed by atoms with E-state index in [1.807, 2.05) is 0 Å². The molecule has 0 aliphatic heterocycles. The van der Waals surface area contributed by atoms with Gasteiger partial charge in [-0.25, -0.2) is 9.97 Å². The largest absolute Gasteiger partial charge is 0.330 e. The van der Waals surface area contributed by atoms with E-state index in [4.69, 9.17) is 28.9 Å². The molecule has 2 rings (SSSR count). The van der Waals surface area contributed by atoms with Gasteiger partial charge in [0.25, 0.3) is 0 Å². The molecule has 20 heavy (non-hydrogen) atoms. The number of rotatable bonds is 4. The van der Waals surface area contributed by atoms with Crippen molar-refractivity contribution in [1.29, 1.82) is 0 Å². The minimum absolute atomic E-state index is 0.0916. The summed E-state index contributed by atoms with van der Waals surface area (Å²) in [6, 6.07) is 0. The maximum absolute atomic E-state index is 12.2. The highest BCUT2D eigenvalue weighted by Crippen LogP contribution is 2.38. The zero-order chi connectivity index (χ0) is 14.6. The molecule has 5 nitrogen and oxygen atoms in total. The number of nitrogens with two attached hydrogens (primary N) is 1. The quantitative estimate of drug-likeness (QED) is 0.837. The van der Waals surface area contributed by atoms with Gasteiger partial charge in [0, 0.05) is 6.42 Å². The first-order valence-corrected chi connectivity index (χ1v) is 7.48. The van der Waals surface area contributed by atoms with Crippen LogP contribution in [0.2, 0.25) is 10.2 Å². The number of nitrogens with zero attached hydrogens (tertiary/aromatic N) is 2. The Balaban J connectivity index is 2.03. The normalized spacial score (nSPS) is 17.8. The minimum Gasteiger partial charge on any atom is -0.330 e. The number of halogens is 2. The van der Waals surface area contributed by atoms with Crippen LogP contribution in [0.25, 0.3) is 0 Å². The smallest absolute Gasteiger partial charge is 0.226 e. The van der Waals surface area contributed by atoms with Gasteiger partial charge in [0.1, 0.15) is 11.3 Å². The van der Waals surface area contributed by atoms with Gasteiger partial charge in [-0.1, -0.05) is 42.5 Å². The molecule has 1 fully saturated rings. The molecule has 0 bridgehead atoms. The lowest BCUT2D eigenvalue weighted by Crippen LogP contribution is -2.36. The van der Waals surface area contributed by atoms with Gasteiger partial charge in [-0.2, -0.15) is 0 Å². The molecule has 0 spiro atoms. The first-order chi connectivity index (χ1) is 9.56. The van der Waals surface area contributed by atoms with Gasteiger partial charge in [0.05, 0.1) is 0 Å². The van der Waals surface area contributed by atoms with E-state index in [2.05, 4.69) is 15.3 Å². The lowest BCUT2D eigenvalue weighted by atomic mass is 9.71. The van der Waals surface area contributed by atoms with E-state index in [1.165, 1.54) is 12.7 Å².